The Bertz CT molecular complexity index is 411. The highest BCUT2D eigenvalue weighted by Crippen LogP contribution is 2.38. The van der Waals surface area contributed by atoms with Gasteiger partial charge in [-0.2, -0.15) is 0 Å². The number of rotatable bonds is 4. The van der Waals surface area contributed by atoms with Crippen LogP contribution in [0.25, 0.3) is 0 Å². The molecule has 1 aromatic carbocycles. The Balaban J connectivity index is 2.31. The average molecular weight is 315 g/mol. The highest BCUT2D eigenvalue weighted by Gasteiger charge is 2.35. The fraction of sp³-hybridized carbons (Fsp3) is 0.571. The van der Waals surface area contributed by atoms with Crippen molar-refractivity contribution >= 4 is 15.9 Å². The van der Waals surface area contributed by atoms with Crippen LogP contribution in [0, 0.1) is 11.7 Å². The number of halogens is 2. The van der Waals surface area contributed by atoms with E-state index in [2.05, 4.69) is 33.1 Å². The van der Waals surface area contributed by atoms with E-state index in [-0.39, 0.29) is 11.9 Å². The lowest BCUT2D eigenvalue weighted by molar-refractivity contribution is 0.233. The van der Waals surface area contributed by atoms with Crippen LogP contribution in [0.15, 0.2) is 22.7 Å². The minimum atomic E-state index is -0.101. The van der Waals surface area contributed by atoms with Crippen LogP contribution in [0.1, 0.15) is 24.9 Å². The molecule has 0 bridgehead atoms. The molecule has 18 heavy (non-hydrogen) atoms. The molecule has 1 saturated heterocycles. The fourth-order valence-electron chi connectivity index (χ4n) is 2.95. The van der Waals surface area contributed by atoms with Gasteiger partial charge in [0, 0.05) is 16.1 Å². The van der Waals surface area contributed by atoms with Gasteiger partial charge in [-0.25, -0.2) is 4.39 Å². The largest absolute Gasteiger partial charge is 0.319 e. The highest BCUT2D eigenvalue weighted by molar-refractivity contribution is 9.10. The summed E-state index contributed by atoms with van der Waals surface area (Å²) >= 11 is 3.32. The van der Waals surface area contributed by atoms with Gasteiger partial charge in [-0.05, 0) is 51.2 Å². The van der Waals surface area contributed by atoms with Crippen LogP contribution >= 0.6 is 15.9 Å². The molecule has 1 aromatic rings. The lowest BCUT2D eigenvalue weighted by Gasteiger charge is -2.28. The van der Waals surface area contributed by atoms with E-state index in [1.54, 1.807) is 6.07 Å². The maximum Gasteiger partial charge on any atom is 0.129 e. The second-order valence-electron chi connectivity index (χ2n) is 4.85. The molecular weight excluding hydrogens is 295 g/mol. The third-order valence-electron chi connectivity index (χ3n) is 3.78. The predicted octanol–water partition coefficient (Wildman–Crippen LogP) is 3.19. The summed E-state index contributed by atoms with van der Waals surface area (Å²) in [5.74, 6) is 0.390. The molecule has 1 N–H and O–H groups in total. The Morgan fingerprint density at radius 1 is 1.50 bits per heavy atom. The summed E-state index contributed by atoms with van der Waals surface area (Å²) < 4.78 is 14.9. The smallest absolute Gasteiger partial charge is 0.129 e. The first-order valence-corrected chi connectivity index (χ1v) is 7.30. The Hall–Kier alpha value is -0.450. The quantitative estimate of drug-likeness (QED) is 0.918. The van der Waals surface area contributed by atoms with E-state index in [1.165, 1.54) is 0 Å². The maximum atomic E-state index is 14.1. The third kappa shape index (κ3) is 2.76. The van der Waals surface area contributed by atoms with Gasteiger partial charge in [0.15, 0.2) is 0 Å². The molecule has 1 heterocycles. The van der Waals surface area contributed by atoms with Gasteiger partial charge >= 0.3 is 0 Å². The van der Waals surface area contributed by atoms with Crippen LogP contribution in [0.3, 0.4) is 0 Å². The zero-order chi connectivity index (χ0) is 13.1. The van der Waals surface area contributed by atoms with Crippen molar-refractivity contribution < 1.29 is 4.39 Å². The first kappa shape index (κ1) is 14.0. The van der Waals surface area contributed by atoms with Crippen molar-refractivity contribution in [1.29, 1.82) is 0 Å². The Morgan fingerprint density at radius 2 is 2.28 bits per heavy atom. The van der Waals surface area contributed by atoms with Crippen molar-refractivity contribution in [2.45, 2.75) is 19.4 Å². The standard InChI is InChI=1S/C14H20BrFN2/c1-3-18-7-6-10(9-17-2)14(18)12-5-4-11(15)8-13(12)16/h4-5,8,10,14,17H,3,6-7,9H2,1-2H3. The van der Waals surface area contributed by atoms with Gasteiger partial charge in [0.05, 0.1) is 0 Å². The van der Waals surface area contributed by atoms with E-state index >= 15 is 0 Å². The molecule has 0 radical (unpaired) electrons. The molecular formula is C14H20BrFN2. The van der Waals surface area contributed by atoms with E-state index in [1.807, 2.05) is 19.2 Å². The van der Waals surface area contributed by atoms with Crippen molar-refractivity contribution in [2.75, 3.05) is 26.7 Å². The zero-order valence-electron chi connectivity index (χ0n) is 10.9. The number of benzene rings is 1. The summed E-state index contributed by atoms with van der Waals surface area (Å²) in [5.41, 5.74) is 0.831. The third-order valence-corrected chi connectivity index (χ3v) is 4.27. The Morgan fingerprint density at radius 3 is 2.89 bits per heavy atom. The molecule has 4 heteroatoms. The van der Waals surface area contributed by atoms with Crippen LogP contribution < -0.4 is 5.32 Å². The summed E-state index contributed by atoms with van der Waals surface area (Å²) in [6.45, 7) is 5.12. The topological polar surface area (TPSA) is 15.3 Å². The number of hydrogen-bond acceptors (Lipinski definition) is 2. The van der Waals surface area contributed by atoms with Crippen molar-refractivity contribution in [3.05, 3.63) is 34.1 Å². The summed E-state index contributed by atoms with van der Waals surface area (Å²) in [6.07, 6.45) is 1.13. The summed E-state index contributed by atoms with van der Waals surface area (Å²) in [6, 6.07) is 5.62. The van der Waals surface area contributed by atoms with E-state index in [0.29, 0.717) is 5.92 Å². The lowest BCUT2D eigenvalue weighted by Crippen LogP contribution is -2.29. The monoisotopic (exact) mass is 314 g/mol. The van der Waals surface area contributed by atoms with Crippen LogP contribution in [0.5, 0.6) is 0 Å². The van der Waals surface area contributed by atoms with Gasteiger partial charge < -0.3 is 5.32 Å². The Labute approximate surface area is 117 Å². The van der Waals surface area contributed by atoms with Gasteiger partial charge in [-0.1, -0.05) is 28.9 Å². The summed E-state index contributed by atoms with van der Waals surface area (Å²) in [4.78, 5) is 2.37. The average Bonchev–Trinajstić information content (AvgIpc) is 2.73. The van der Waals surface area contributed by atoms with E-state index in [9.17, 15) is 4.39 Å². The summed E-state index contributed by atoms with van der Waals surface area (Å²) in [7, 11) is 1.96. The minimum absolute atomic E-state index is 0.101. The zero-order valence-corrected chi connectivity index (χ0v) is 12.5. The van der Waals surface area contributed by atoms with Crippen molar-refractivity contribution in [2.24, 2.45) is 5.92 Å². The molecule has 0 spiro atoms. The van der Waals surface area contributed by atoms with Crippen LogP contribution in [-0.2, 0) is 0 Å². The number of likely N-dealkylation sites (tertiary alicyclic amines) is 1. The maximum absolute atomic E-state index is 14.1. The molecule has 0 aromatic heterocycles. The number of nitrogens with zero attached hydrogens (tertiary/aromatic N) is 1. The van der Waals surface area contributed by atoms with Gasteiger partial charge in [0.2, 0.25) is 0 Å². The van der Waals surface area contributed by atoms with Gasteiger partial charge in [0.1, 0.15) is 5.82 Å². The lowest BCUT2D eigenvalue weighted by atomic mass is 9.93. The molecule has 0 saturated carbocycles. The van der Waals surface area contributed by atoms with Crippen molar-refractivity contribution in [3.63, 3.8) is 0 Å². The predicted molar refractivity (Wildman–Crippen MR) is 76.1 cm³/mol. The second kappa shape index (κ2) is 6.13. The molecule has 2 rings (SSSR count). The number of hydrogen-bond donors (Lipinski definition) is 1. The van der Waals surface area contributed by atoms with Gasteiger partial charge in [-0.15, -0.1) is 0 Å². The molecule has 2 unspecified atom stereocenters. The SMILES string of the molecule is CCN1CCC(CNC)C1c1ccc(Br)cc1F. The van der Waals surface area contributed by atoms with Gasteiger partial charge in [-0.3, -0.25) is 4.90 Å². The highest BCUT2D eigenvalue weighted by atomic mass is 79.9. The second-order valence-corrected chi connectivity index (χ2v) is 5.76. The molecule has 1 aliphatic rings. The fourth-order valence-corrected chi connectivity index (χ4v) is 3.28. The first-order chi connectivity index (χ1) is 8.67. The van der Waals surface area contributed by atoms with Gasteiger partial charge in [0.25, 0.3) is 0 Å². The number of nitrogens with one attached hydrogen (secondary N) is 1. The molecule has 0 aliphatic carbocycles. The van der Waals surface area contributed by atoms with E-state index < -0.39 is 0 Å². The summed E-state index contributed by atoms with van der Waals surface area (Å²) in [5, 5.41) is 3.23. The molecule has 100 valence electrons. The Kier molecular flexibility index (Phi) is 4.76. The van der Waals surface area contributed by atoms with Crippen LogP contribution in [-0.4, -0.2) is 31.6 Å². The normalized spacial score (nSPS) is 24.7. The van der Waals surface area contributed by atoms with Crippen molar-refractivity contribution in [1.82, 2.24) is 10.2 Å². The molecule has 1 aliphatic heterocycles. The van der Waals surface area contributed by atoms with E-state index in [0.717, 1.165) is 36.1 Å². The molecule has 2 nitrogen and oxygen atoms in total. The minimum Gasteiger partial charge on any atom is -0.319 e. The molecule has 1 fully saturated rings. The van der Waals surface area contributed by atoms with Crippen molar-refractivity contribution in [3.8, 4) is 0 Å². The molecule has 0 amide bonds. The first-order valence-electron chi connectivity index (χ1n) is 6.51. The van der Waals surface area contributed by atoms with Crippen LogP contribution in [0.2, 0.25) is 0 Å². The van der Waals surface area contributed by atoms with E-state index in [4.69, 9.17) is 0 Å². The van der Waals surface area contributed by atoms with Crippen LogP contribution in [0.4, 0.5) is 4.39 Å². The molecule has 2 atom stereocenters.